The summed E-state index contributed by atoms with van der Waals surface area (Å²) < 4.78 is 61.9. The summed E-state index contributed by atoms with van der Waals surface area (Å²) in [5.41, 5.74) is 5.61. The third-order valence-electron chi connectivity index (χ3n) is 2.51. The lowest BCUT2D eigenvalue weighted by atomic mass is 10.2. The zero-order chi connectivity index (χ0) is 15.2. The molecule has 0 aliphatic rings. The molecule has 0 aliphatic heterocycles. The van der Waals surface area contributed by atoms with Crippen molar-refractivity contribution in [2.24, 2.45) is 5.73 Å². The second-order valence-corrected chi connectivity index (χ2v) is 5.86. The molecule has 1 rings (SSSR count). The van der Waals surface area contributed by atoms with Crippen LogP contribution in [0.4, 0.5) is 13.2 Å². The molecular weight excluding hydrogens is 295 g/mol. The van der Waals surface area contributed by atoms with Crippen LogP contribution in [-0.2, 0) is 16.6 Å². The molecule has 9 heteroatoms. The molecule has 0 bridgehead atoms. The lowest BCUT2D eigenvalue weighted by Gasteiger charge is -2.10. The summed E-state index contributed by atoms with van der Waals surface area (Å²) in [4.78, 5) is 3.80. The third-order valence-corrected chi connectivity index (χ3v) is 4.05. The molecule has 0 atom stereocenters. The van der Waals surface area contributed by atoms with Crippen molar-refractivity contribution in [3.63, 3.8) is 0 Å². The van der Waals surface area contributed by atoms with Crippen molar-refractivity contribution in [1.29, 1.82) is 0 Å². The molecule has 0 amide bonds. The number of rotatable bonds is 7. The van der Waals surface area contributed by atoms with Gasteiger partial charge in [0.2, 0.25) is 10.0 Å². The number of hydrogen-bond acceptors (Lipinski definition) is 4. The van der Waals surface area contributed by atoms with Gasteiger partial charge in [0.15, 0.2) is 0 Å². The summed E-state index contributed by atoms with van der Waals surface area (Å²) in [6.07, 6.45) is -3.73. The van der Waals surface area contributed by atoms with E-state index < -0.39 is 22.6 Å². The van der Waals surface area contributed by atoms with Crippen LogP contribution in [0.1, 0.15) is 25.0 Å². The predicted octanol–water partition coefficient (Wildman–Crippen LogP) is 1.55. The quantitative estimate of drug-likeness (QED) is 0.748. The van der Waals surface area contributed by atoms with E-state index >= 15 is 0 Å². The highest BCUT2D eigenvalue weighted by atomic mass is 32.2. The highest BCUT2D eigenvalue weighted by Gasteiger charge is 2.26. The van der Waals surface area contributed by atoms with Gasteiger partial charge in [-0.25, -0.2) is 13.1 Å². The second kappa shape index (κ2) is 7.00. The number of nitrogens with zero attached hydrogens (tertiary/aromatic N) is 1. The molecule has 3 N–H and O–H groups in total. The van der Waals surface area contributed by atoms with Crippen LogP contribution in [0.3, 0.4) is 0 Å². The molecular formula is C11H16F3N3O2S. The first kappa shape index (κ1) is 16.9. The number of aromatic nitrogens is 1. The average Bonchev–Trinajstić information content (AvgIpc) is 2.36. The number of pyridine rings is 1. The summed E-state index contributed by atoms with van der Waals surface area (Å²) in [6, 6.07) is 2.81. The van der Waals surface area contributed by atoms with Crippen LogP contribution in [-0.4, -0.2) is 26.1 Å². The largest absolute Gasteiger partial charge is 0.389 e. The van der Waals surface area contributed by atoms with Crippen LogP contribution in [0, 0.1) is 0 Å². The van der Waals surface area contributed by atoms with E-state index in [2.05, 4.69) is 9.71 Å². The van der Waals surface area contributed by atoms with Gasteiger partial charge < -0.3 is 5.73 Å². The van der Waals surface area contributed by atoms with E-state index in [1.54, 1.807) is 0 Å². The minimum atomic E-state index is -4.21. The molecule has 114 valence electrons. The van der Waals surface area contributed by atoms with Crippen LogP contribution in [0.2, 0.25) is 0 Å². The monoisotopic (exact) mass is 311 g/mol. The van der Waals surface area contributed by atoms with Gasteiger partial charge in [0.05, 0.1) is 5.69 Å². The van der Waals surface area contributed by atoms with E-state index in [4.69, 9.17) is 5.73 Å². The lowest BCUT2D eigenvalue weighted by molar-refractivity contribution is -0.135. The first-order valence-corrected chi connectivity index (χ1v) is 7.45. The molecule has 1 aromatic heterocycles. The standard InChI is InChI=1S/C11H16F3N3O2S/c12-11(13,14)5-1-2-7-17-20(18,19)10-4-3-6-16-9(10)8-15/h3-4,6,17H,1-2,5,7-8,15H2. The zero-order valence-electron chi connectivity index (χ0n) is 10.7. The van der Waals surface area contributed by atoms with Crippen molar-refractivity contribution in [2.45, 2.75) is 36.9 Å². The van der Waals surface area contributed by atoms with Crippen LogP contribution >= 0.6 is 0 Å². The maximum atomic E-state index is 11.9. The molecule has 0 spiro atoms. The molecule has 0 aromatic carbocycles. The first-order valence-electron chi connectivity index (χ1n) is 5.96. The van der Waals surface area contributed by atoms with Crippen molar-refractivity contribution in [1.82, 2.24) is 9.71 Å². The van der Waals surface area contributed by atoms with E-state index in [0.717, 1.165) is 0 Å². The van der Waals surface area contributed by atoms with Crippen LogP contribution in [0.15, 0.2) is 23.2 Å². The van der Waals surface area contributed by atoms with Gasteiger partial charge >= 0.3 is 6.18 Å². The molecule has 0 saturated carbocycles. The molecule has 20 heavy (non-hydrogen) atoms. The number of nitrogens with two attached hydrogens (primary N) is 1. The Morgan fingerprint density at radius 3 is 2.60 bits per heavy atom. The first-order chi connectivity index (χ1) is 9.26. The van der Waals surface area contributed by atoms with Gasteiger partial charge in [0.1, 0.15) is 4.90 Å². The van der Waals surface area contributed by atoms with E-state index in [0.29, 0.717) is 0 Å². The normalized spacial score (nSPS) is 12.6. The number of sulfonamides is 1. The van der Waals surface area contributed by atoms with E-state index in [1.807, 2.05) is 0 Å². The molecule has 0 saturated heterocycles. The molecule has 0 fully saturated rings. The second-order valence-electron chi connectivity index (χ2n) is 4.12. The van der Waals surface area contributed by atoms with Gasteiger partial charge in [-0.3, -0.25) is 4.98 Å². The Balaban J connectivity index is 2.54. The molecule has 5 nitrogen and oxygen atoms in total. The maximum absolute atomic E-state index is 11.9. The number of hydrogen-bond donors (Lipinski definition) is 2. The number of nitrogens with one attached hydrogen (secondary N) is 1. The smallest absolute Gasteiger partial charge is 0.325 e. The average molecular weight is 311 g/mol. The number of halogens is 3. The van der Waals surface area contributed by atoms with Crippen molar-refractivity contribution in [3.8, 4) is 0 Å². The Kier molecular flexibility index (Phi) is 5.90. The summed E-state index contributed by atoms with van der Waals surface area (Å²) in [5.74, 6) is 0. The summed E-state index contributed by atoms with van der Waals surface area (Å²) in [7, 11) is -3.79. The van der Waals surface area contributed by atoms with Crippen molar-refractivity contribution in [2.75, 3.05) is 6.54 Å². The Hall–Kier alpha value is -1.19. The fourth-order valence-corrected chi connectivity index (χ4v) is 2.83. The van der Waals surface area contributed by atoms with Crippen molar-refractivity contribution < 1.29 is 21.6 Å². The molecule has 0 radical (unpaired) electrons. The van der Waals surface area contributed by atoms with Crippen molar-refractivity contribution in [3.05, 3.63) is 24.0 Å². The van der Waals surface area contributed by atoms with Crippen LogP contribution < -0.4 is 10.5 Å². The van der Waals surface area contributed by atoms with E-state index in [-0.39, 0.29) is 36.5 Å². The molecule has 1 aromatic rings. The van der Waals surface area contributed by atoms with Crippen LogP contribution in [0.25, 0.3) is 0 Å². The minimum Gasteiger partial charge on any atom is -0.325 e. The highest BCUT2D eigenvalue weighted by Crippen LogP contribution is 2.22. The summed E-state index contributed by atoms with van der Waals surface area (Å²) in [6.45, 7) is -0.0948. The fourth-order valence-electron chi connectivity index (χ4n) is 1.56. The van der Waals surface area contributed by atoms with E-state index in [1.165, 1.54) is 18.3 Å². The number of unbranched alkanes of at least 4 members (excludes halogenated alkanes) is 1. The summed E-state index contributed by atoms with van der Waals surface area (Å²) in [5, 5.41) is 0. The lowest BCUT2D eigenvalue weighted by Crippen LogP contribution is -2.26. The van der Waals surface area contributed by atoms with Gasteiger partial charge in [0, 0.05) is 25.7 Å². The fraction of sp³-hybridized carbons (Fsp3) is 0.545. The van der Waals surface area contributed by atoms with Gasteiger partial charge in [0.25, 0.3) is 0 Å². The van der Waals surface area contributed by atoms with Crippen molar-refractivity contribution >= 4 is 10.0 Å². The minimum absolute atomic E-state index is 0.0366. The van der Waals surface area contributed by atoms with Gasteiger partial charge in [-0.15, -0.1) is 0 Å². The summed E-state index contributed by atoms with van der Waals surface area (Å²) >= 11 is 0. The topological polar surface area (TPSA) is 85.1 Å². The van der Waals surface area contributed by atoms with Gasteiger partial charge in [-0.2, -0.15) is 13.2 Å². The SMILES string of the molecule is NCc1ncccc1S(=O)(=O)NCCCCC(F)(F)F. The Bertz CT molecular complexity index is 532. The third kappa shape index (κ3) is 5.43. The van der Waals surface area contributed by atoms with Gasteiger partial charge in [-0.1, -0.05) is 0 Å². The van der Waals surface area contributed by atoms with E-state index in [9.17, 15) is 21.6 Å². The maximum Gasteiger partial charge on any atom is 0.389 e. The zero-order valence-corrected chi connectivity index (χ0v) is 11.5. The predicted molar refractivity (Wildman–Crippen MR) is 67.2 cm³/mol. The van der Waals surface area contributed by atoms with Crippen LogP contribution in [0.5, 0.6) is 0 Å². The number of alkyl halides is 3. The van der Waals surface area contributed by atoms with Gasteiger partial charge in [-0.05, 0) is 25.0 Å². The Morgan fingerprint density at radius 1 is 1.30 bits per heavy atom. The molecule has 0 unspecified atom stereocenters. The molecule has 0 aliphatic carbocycles. The Morgan fingerprint density at radius 2 is 2.00 bits per heavy atom. The highest BCUT2D eigenvalue weighted by molar-refractivity contribution is 7.89. The molecule has 1 heterocycles. The Labute approximate surface area is 115 Å².